The molecule has 0 radical (unpaired) electrons. The van der Waals surface area contributed by atoms with Gasteiger partial charge in [0.15, 0.2) is 0 Å². The van der Waals surface area contributed by atoms with E-state index in [9.17, 15) is 8.42 Å². The maximum Gasteiger partial charge on any atom is 0.150 e. The third kappa shape index (κ3) is 8.11. The van der Waals surface area contributed by atoms with Crippen LogP contribution in [0.3, 0.4) is 0 Å². The summed E-state index contributed by atoms with van der Waals surface area (Å²) in [6, 6.07) is 0.480. The highest BCUT2D eigenvalue weighted by Crippen LogP contribution is 2.12. The Hall–Kier alpha value is -0.0900. The predicted octanol–water partition coefficient (Wildman–Crippen LogP) is 2.23. The second-order valence-corrected chi connectivity index (χ2v) is 7.04. The summed E-state index contributed by atoms with van der Waals surface area (Å²) in [5.74, 6) is 1.16. The Bertz CT molecular complexity index is 262. The third-order valence-electron chi connectivity index (χ3n) is 2.75. The van der Waals surface area contributed by atoms with E-state index in [1.165, 1.54) is 0 Å². The van der Waals surface area contributed by atoms with Crippen LogP contribution >= 0.6 is 0 Å². The van der Waals surface area contributed by atoms with Gasteiger partial charge in [-0.3, -0.25) is 0 Å². The third-order valence-corrected chi connectivity index (χ3v) is 4.63. The molecule has 4 heteroatoms. The molecule has 0 saturated heterocycles. The summed E-state index contributed by atoms with van der Waals surface area (Å²) in [7, 11) is -2.80. The Morgan fingerprint density at radius 3 is 2.25 bits per heavy atom. The highest BCUT2D eigenvalue weighted by atomic mass is 32.2. The monoisotopic (exact) mass is 249 g/mol. The van der Waals surface area contributed by atoms with Crippen molar-refractivity contribution in [3.05, 3.63) is 0 Å². The van der Waals surface area contributed by atoms with Gasteiger partial charge in [0.2, 0.25) is 0 Å². The first-order chi connectivity index (χ1) is 7.41. The van der Waals surface area contributed by atoms with Crippen molar-refractivity contribution in [2.24, 2.45) is 5.92 Å². The van der Waals surface area contributed by atoms with Crippen LogP contribution in [0.5, 0.6) is 0 Å². The minimum atomic E-state index is -2.80. The molecule has 0 amide bonds. The summed E-state index contributed by atoms with van der Waals surface area (Å²) in [6.07, 6.45) is 2.57. The Morgan fingerprint density at radius 1 is 1.12 bits per heavy atom. The van der Waals surface area contributed by atoms with Gasteiger partial charge in [-0.2, -0.15) is 0 Å². The lowest BCUT2D eigenvalue weighted by molar-refractivity contribution is 0.419. The number of rotatable bonds is 9. The fraction of sp³-hybridized carbons (Fsp3) is 1.00. The van der Waals surface area contributed by atoms with E-state index in [0.717, 1.165) is 25.8 Å². The van der Waals surface area contributed by atoms with Crippen molar-refractivity contribution in [2.45, 2.75) is 53.0 Å². The van der Waals surface area contributed by atoms with Crippen molar-refractivity contribution in [3.8, 4) is 0 Å². The van der Waals surface area contributed by atoms with Gasteiger partial charge in [-0.1, -0.05) is 20.8 Å². The lowest BCUT2D eigenvalue weighted by atomic mass is 10.0. The van der Waals surface area contributed by atoms with Crippen molar-refractivity contribution < 1.29 is 8.42 Å². The van der Waals surface area contributed by atoms with Crippen molar-refractivity contribution in [1.82, 2.24) is 5.32 Å². The minimum Gasteiger partial charge on any atom is -0.315 e. The normalized spacial score (nSPS) is 16.0. The number of hydrogen-bond donors (Lipinski definition) is 1. The van der Waals surface area contributed by atoms with Gasteiger partial charge in [0.25, 0.3) is 0 Å². The molecular weight excluding hydrogens is 222 g/mol. The first-order valence-electron chi connectivity index (χ1n) is 6.35. The molecule has 0 fully saturated rings. The molecule has 0 aromatic heterocycles. The zero-order valence-corrected chi connectivity index (χ0v) is 11.9. The van der Waals surface area contributed by atoms with Gasteiger partial charge in [0.1, 0.15) is 9.84 Å². The summed E-state index contributed by atoms with van der Waals surface area (Å²) in [5, 5.41) is 3.35. The van der Waals surface area contributed by atoms with E-state index in [1.54, 1.807) is 0 Å². The van der Waals surface area contributed by atoms with Gasteiger partial charge in [0.05, 0.1) is 5.75 Å². The largest absolute Gasteiger partial charge is 0.315 e. The Morgan fingerprint density at radius 2 is 1.75 bits per heavy atom. The van der Waals surface area contributed by atoms with E-state index in [0.29, 0.717) is 23.5 Å². The topological polar surface area (TPSA) is 46.2 Å². The molecular formula is C12H27NO2S. The maximum absolute atomic E-state index is 11.5. The molecule has 0 rings (SSSR count). The molecule has 98 valence electrons. The quantitative estimate of drug-likeness (QED) is 0.681. The highest BCUT2D eigenvalue weighted by molar-refractivity contribution is 7.91. The molecule has 0 bridgehead atoms. The van der Waals surface area contributed by atoms with E-state index in [2.05, 4.69) is 26.1 Å². The first-order valence-corrected chi connectivity index (χ1v) is 8.17. The molecule has 0 aromatic rings. The van der Waals surface area contributed by atoms with Crippen LogP contribution in [0.2, 0.25) is 0 Å². The van der Waals surface area contributed by atoms with E-state index in [1.807, 2.05) is 6.92 Å². The van der Waals surface area contributed by atoms with Crippen LogP contribution in [-0.4, -0.2) is 32.5 Å². The fourth-order valence-corrected chi connectivity index (χ4v) is 3.53. The molecule has 0 aliphatic rings. The SMILES string of the molecule is CCCS(=O)(=O)CCC(C)CC(C)NCC. The molecule has 3 nitrogen and oxygen atoms in total. The standard InChI is InChI=1S/C12H27NO2S/c1-5-8-16(14,15)9-7-11(3)10-12(4)13-6-2/h11-13H,5-10H2,1-4H3. The van der Waals surface area contributed by atoms with Crippen LogP contribution in [0.15, 0.2) is 0 Å². The van der Waals surface area contributed by atoms with E-state index < -0.39 is 9.84 Å². The van der Waals surface area contributed by atoms with Crippen LogP contribution in [0, 0.1) is 5.92 Å². The van der Waals surface area contributed by atoms with Crippen LogP contribution in [-0.2, 0) is 9.84 Å². The molecule has 0 spiro atoms. The summed E-state index contributed by atoms with van der Waals surface area (Å²) in [4.78, 5) is 0. The van der Waals surface area contributed by atoms with Crippen molar-refractivity contribution >= 4 is 9.84 Å². The maximum atomic E-state index is 11.5. The van der Waals surface area contributed by atoms with Crippen molar-refractivity contribution in [2.75, 3.05) is 18.1 Å². The first kappa shape index (κ1) is 15.9. The molecule has 0 saturated carbocycles. The number of sulfone groups is 1. The Balaban J connectivity index is 3.84. The Labute approximate surface area is 101 Å². The summed E-state index contributed by atoms with van der Waals surface area (Å²) < 4.78 is 23.1. The van der Waals surface area contributed by atoms with Gasteiger partial charge < -0.3 is 5.32 Å². The molecule has 2 atom stereocenters. The average Bonchev–Trinajstić information content (AvgIpc) is 2.15. The lowest BCUT2D eigenvalue weighted by Crippen LogP contribution is -2.28. The minimum absolute atomic E-state index is 0.336. The van der Waals surface area contributed by atoms with Crippen molar-refractivity contribution in [3.63, 3.8) is 0 Å². The summed E-state index contributed by atoms with van der Waals surface area (Å²) in [6.45, 7) is 9.26. The molecule has 0 aliphatic heterocycles. The second-order valence-electron chi connectivity index (χ2n) is 4.74. The molecule has 0 aromatic carbocycles. The molecule has 1 N–H and O–H groups in total. The summed E-state index contributed by atoms with van der Waals surface area (Å²) >= 11 is 0. The van der Waals surface area contributed by atoms with E-state index in [4.69, 9.17) is 0 Å². The van der Waals surface area contributed by atoms with Crippen LogP contribution in [0.25, 0.3) is 0 Å². The molecule has 0 aliphatic carbocycles. The number of hydrogen-bond acceptors (Lipinski definition) is 3. The summed E-state index contributed by atoms with van der Waals surface area (Å²) in [5.41, 5.74) is 0. The zero-order valence-electron chi connectivity index (χ0n) is 11.1. The highest BCUT2D eigenvalue weighted by Gasteiger charge is 2.13. The van der Waals surface area contributed by atoms with Crippen LogP contribution < -0.4 is 5.32 Å². The van der Waals surface area contributed by atoms with Crippen LogP contribution in [0.4, 0.5) is 0 Å². The van der Waals surface area contributed by atoms with Gasteiger partial charge in [0, 0.05) is 11.8 Å². The van der Waals surface area contributed by atoms with Gasteiger partial charge in [-0.05, 0) is 38.6 Å². The second kappa shape index (κ2) is 8.07. The lowest BCUT2D eigenvalue weighted by Gasteiger charge is -2.17. The van der Waals surface area contributed by atoms with Crippen molar-refractivity contribution in [1.29, 1.82) is 0 Å². The number of nitrogens with one attached hydrogen (secondary N) is 1. The smallest absolute Gasteiger partial charge is 0.150 e. The average molecular weight is 249 g/mol. The van der Waals surface area contributed by atoms with Gasteiger partial charge >= 0.3 is 0 Å². The molecule has 2 unspecified atom stereocenters. The molecule has 16 heavy (non-hydrogen) atoms. The fourth-order valence-electron chi connectivity index (χ4n) is 1.95. The molecule has 0 heterocycles. The zero-order chi connectivity index (χ0) is 12.6. The Kier molecular flexibility index (Phi) is 8.02. The van der Waals surface area contributed by atoms with E-state index >= 15 is 0 Å². The van der Waals surface area contributed by atoms with E-state index in [-0.39, 0.29) is 0 Å². The van der Waals surface area contributed by atoms with Gasteiger partial charge in [-0.25, -0.2) is 8.42 Å². The predicted molar refractivity (Wildman–Crippen MR) is 70.5 cm³/mol. The van der Waals surface area contributed by atoms with Crippen LogP contribution in [0.1, 0.15) is 47.0 Å². The van der Waals surface area contributed by atoms with Gasteiger partial charge in [-0.15, -0.1) is 0 Å².